The lowest BCUT2D eigenvalue weighted by atomic mass is 9.94. The van der Waals surface area contributed by atoms with E-state index in [1.807, 2.05) is 6.26 Å². The van der Waals surface area contributed by atoms with E-state index in [0.29, 0.717) is 12.0 Å². The molecule has 0 unspecified atom stereocenters. The molecule has 0 amide bonds. The average molecular weight is 140 g/mol. The fourth-order valence-corrected chi connectivity index (χ4v) is 1.55. The zero-order valence-corrected chi connectivity index (χ0v) is 6.17. The minimum absolute atomic E-state index is 0.420. The molecular formula is C8H12O2. The molecule has 1 saturated heterocycles. The molecule has 1 fully saturated rings. The van der Waals surface area contributed by atoms with Gasteiger partial charge in [0.05, 0.1) is 25.6 Å². The lowest BCUT2D eigenvalue weighted by Crippen LogP contribution is -2.25. The van der Waals surface area contributed by atoms with Crippen LogP contribution in [0.5, 0.6) is 0 Å². The van der Waals surface area contributed by atoms with Crippen LogP contribution in [0, 0.1) is 5.92 Å². The molecule has 0 spiro atoms. The Morgan fingerprint density at radius 1 is 1.60 bits per heavy atom. The molecule has 0 aromatic rings. The van der Waals surface area contributed by atoms with Gasteiger partial charge in [-0.2, -0.15) is 0 Å². The number of fused-ring (bicyclic) bond motifs is 1. The Hall–Kier alpha value is -0.500. The largest absolute Gasteiger partial charge is 0.501 e. The van der Waals surface area contributed by atoms with Crippen molar-refractivity contribution in [2.45, 2.75) is 19.4 Å². The molecule has 2 rings (SSSR count). The number of ether oxygens (including phenoxy) is 2. The van der Waals surface area contributed by atoms with Crippen molar-refractivity contribution < 1.29 is 9.47 Å². The average Bonchev–Trinajstić information content (AvgIpc) is 2.33. The molecule has 2 heterocycles. The van der Waals surface area contributed by atoms with Gasteiger partial charge in [0.1, 0.15) is 0 Å². The quantitative estimate of drug-likeness (QED) is 0.505. The molecule has 2 atom stereocenters. The highest BCUT2D eigenvalue weighted by atomic mass is 16.5. The summed E-state index contributed by atoms with van der Waals surface area (Å²) < 4.78 is 10.6. The molecule has 2 heteroatoms. The fraction of sp³-hybridized carbons (Fsp3) is 0.750. The summed E-state index contributed by atoms with van der Waals surface area (Å²) in [6.45, 7) is 3.78. The summed E-state index contributed by atoms with van der Waals surface area (Å²) in [5.41, 5.74) is 1.35. The molecule has 0 radical (unpaired) electrons. The van der Waals surface area contributed by atoms with Crippen molar-refractivity contribution in [1.82, 2.24) is 0 Å². The monoisotopic (exact) mass is 140 g/mol. The lowest BCUT2D eigenvalue weighted by molar-refractivity contribution is 0.0354. The Morgan fingerprint density at radius 2 is 2.50 bits per heavy atom. The summed E-state index contributed by atoms with van der Waals surface area (Å²) in [5.74, 6) is 0.656. The Bertz CT molecular complexity index is 163. The van der Waals surface area contributed by atoms with E-state index in [2.05, 4.69) is 6.92 Å². The molecule has 56 valence electrons. The zero-order chi connectivity index (χ0) is 6.97. The molecule has 0 aromatic carbocycles. The maximum absolute atomic E-state index is 5.44. The van der Waals surface area contributed by atoms with Crippen LogP contribution in [0.1, 0.15) is 13.3 Å². The molecule has 0 aliphatic carbocycles. The first-order valence-corrected chi connectivity index (χ1v) is 3.78. The van der Waals surface area contributed by atoms with Crippen LogP contribution in [0.4, 0.5) is 0 Å². The van der Waals surface area contributed by atoms with E-state index in [0.717, 1.165) is 19.6 Å². The van der Waals surface area contributed by atoms with Gasteiger partial charge in [-0.3, -0.25) is 0 Å². The van der Waals surface area contributed by atoms with E-state index < -0.39 is 0 Å². The maximum atomic E-state index is 5.44. The summed E-state index contributed by atoms with van der Waals surface area (Å²) in [4.78, 5) is 0. The second-order valence-corrected chi connectivity index (χ2v) is 3.08. The van der Waals surface area contributed by atoms with Crippen LogP contribution in [0.2, 0.25) is 0 Å². The predicted octanol–water partition coefficient (Wildman–Crippen LogP) is 1.33. The van der Waals surface area contributed by atoms with Gasteiger partial charge in [0.25, 0.3) is 0 Å². The molecule has 0 saturated carbocycles. The fourth-order valence-electron chi connectivity index (χ4n) is 1.55. The molecular weight excluding hydrogens is 128 g/mol. The van der Waals surface area contributed by atoms with Crippen LogP contribution in [-0.4, -0.2) is 19.3 Å². The summed E-state index contributed by atoms with van der Waals surface area (Å²) in [6.07, 6.45) is 3.41. The Kier molecular flexibility index (Phi) is 1.42. The smallest absolute Gasteiger partial charge is 0.0941 e. The first-order valence-electron chi connectivity index (χ1n) is 3.78. The Labute approximate surface area is 60.8 Å². The normalized spacial score (nSPS) is 38.3. The second-order valence-electron chi connectivity index (χ2n) is 3.08. The molecule has 2 aliphatic heterocycles. The van der Waals surface area contributed by atoms with E-state index in [1.54, 1.807) is 0 Å². The Morgan fingerprint density at radius 3 is 3.40 bits per heavy atom. The minimum atomic E-state index is 0.420. The molecule has 2 nitrogen and oxygen atoms in total. The van der Waals surface area contributed by atoms with Crippen LogP contribution in [0.3, 0.4) is 0 Å². The van der Waals surface area contributed by atoms with Crippen molar-refractivity contribution in [2.24, 2.45) is 5.92 Å². The van der Waals surface area contributed by atoms with Gasteiger partial charge in [-0.1, -0.05) is 0 Å². The van der Waals surface area contributed by atoms with Crippen molar-refractivity contribution in [3.05, 3.63) is 11.8 Å². The van der Waals surface area contributed by atoms with Gasteiger partial charge in [-0.25, -0.2) is 0 Å². The third-order valence-electron chi connectivity index (χ3n) is 2.21. The van der Waals surface area contributed by atoms with Crippen molar-refractivity contribution in [1.29, 1.82) is 0 Å². The lowest BCUT2D eigenvalue weighted by Gasteiger charge is -2.24. The SMILES string of the molecule is C[C@H]1C[C@H]2COC=C2CO1. The number of rotatable bonds is 0. The summed E-state index contributed by atoms with van der Waals surface area (Å²) in [5, 5.41) is 0. The number of hydrogen-bond acceptors (Lipinski definition) is 2. The van der Waals surface area contributed by atoms with Gasteiger partial charge in [-0.05, 0) is 18.9 Å². The zero-order valence-electron chi connectivity index (χ0n) is 6.17. The molecule has 0 N–H and O–H groups in total. The molecule has 0 aromatic heterocycles. The van der Waals surface area contributed by atoms with Crippen molar-refractivity contribution in [3.8, 4) is 0 Å². The van der Waals surface area contributed by atoms with Crippen LogP contribution in [0.25, 0.3) is 0 Å². The predicted molar refractivity (Wildman–Crippen MR) is 37.6 cm³/mol. The van der Waals surface area contributed by atoms with Crippen molar-refractivity contribution in [2.75, 3.05) is 13.2 Å². The van der Waals surface area contributed by atoms with Gasteiger partial charge in [-0.15, -0.1) is 0 Å². The van der Waals surface area contributed by atoms with Gasteiger partial charge in [0.2, 0.25) is 0 Å². The number of hydrogen-bond donors (Lipinski definition) is 0. The van der Waals surface area contributed by atoms with Gasteiger partial charge in [0.15, 0.2) is 0 Å². The second kappa shape index (κ2) is 2.27. The highest BCUT2D eigenvalue weighted by molar-refractivity contribution is 5.10. The third-order valence-corrected chi connectivity index (χ3v) is 2.21. The van der Waals surface area contributed by atoms with Gasteiger partial charge < -0.3 is 9.47 Å². The Balaban J connectivity index is 2.06. The standard InChI is InChI=1S/C8H12O2/c1-6-2-7-3-9-4-8(7)5-10-6/h4,6-7H,2-3,5H2,1H3/t6-,7-/m0/s1. The van der Waals surface area contributed by atoms with Crippen LogP contribution in [-0.2, 0) is 9.47 Å². The topological polar surface area (TPSA) is 18.5 Å². The van der Waals surface area contributed by atoms with Gasteiger partial charge in [0, 0.05) is 5.92 Å². The highest BCUT2D eigenvalue weighted by Gasteiger charge is 2.27. The van der Waals surface area contributed by atoms with Crippen LogP contribution >= 0.6 is 0 Å². The van der Waals surface area contributed by atoms with Crippen LogP contribution in [0.15, 0.2) is 11.8 Å². The van der Waals surface area contributed by atoms with E-state index in [4.69, 9.17) is 9.47 Å². The summed E-state index contributed by atoms with van der Waals surface area (Å²) >= 11 is 0. The van der Waals surface area contributed by atoms with E-state index >= 15 is 0 Å². The summed E-state index contributed by atoms with van der Waals surface area (Å²) in [6, 6.07) is 0. The van der Waals surface area contributed by atoms with Crippen LogP contribution < -0.4 is 0 Å². The van der Waals surface area contributed by atoms with E-state index in [1.165, 1.54) is 5.57 Å². The van der Waals surface area contributed by atoms with Crippen molar-refractivity contribution >= 4 is 0 Å². The van der Waals surface area contributed by atoms with E-state index in [9.17, 15) is 0 Å². The van der Waals surface area contributed by atoms with E-state index in [-0.39, 0.29) is 0 Å². The summed E-state index contributed by atoms with van der Waals surface area (Å²) in [7, 11) is 0. The highest BCUT2D eigenvalue weighted by Crippen LogP contribution is 2.29. The minimum Gasteiger partial charge on any atom is -0.501 e. The molecule has 10 heavy (non-hydrogen) atoms. The molecule has 2 aliphatic rings. The molecule has 0 bridgehead atoms. The first-order chi connectivity index (χ1) is 4.86. The van der Waals surface area contributed by atoms with Gasteiger partial charge >= 0.3 is 0 Å². The third kappa shape index (κ3) is 0.926. The maximum Gasteiger partial charge on any atom is 0.0941 e. The van der Waals surface area contributed by atoms with Crippen molar-refractivity contribution in [3.63, 3.8) is 0 Å². The first kappa shape index (κ1) is 6.23.